The molecule has 18 heavy (non-hydrogen) atoms. The highest BCUT2D eigenvalue weighted by molar-refractivity contribution is 6.30. The summed E-state index contributed by atoms with van der Waals surface area (Å²) in [5, 5.41) is 9.84. The van der Waals surface area contributed by atoms with Gasteiger partial charge in [-0.1, -0.05) is 24.4 Å². The van der Waals surface area contributed by atoms with Gasteiger partial charge in [0.05, 0.1) is 12.2 Å². The predicted molar refractivity (Wildman–Crippen MR) is 70.7 cm³/mol. The molecule has 2 aliphatic rings. The fraction of sp³-hybridized carbons (Fsp3) is 0.692. The van der Waals surface area contributed by atoms with Crippen molar-refractivity contribution in [1.82, 2.24) is 9.97 Å². The third-order valence-electron chi connectivity index (χ3n) is 4.31. The van der Waals surface area contributed by atoms with Gasteiger partial charge in [0.25, 0.3) is 0 Å². The highest BCUT2D eigenvalue weighted by Gasteiger charge is 2.37. The average Bonchev–Trinajstić information content (AvgIpc) is 2.82. The lowest BCUT2D eigenvalue weighted by Crippen LogP contribution is -2.36. The van der Waals surface area contributed by atoms with Gasteiger partial charge in [-0.25, -0.2) is 9.97 Å². The predicted octanol–water partition coefficient (Wildman–Crippen LogP) is 2.39. The summed E-state index contributed by atoms with van der Waals surface area (Å²) in [5.74, 6) is 1.63. The number of anilines is 1. The van der Waals surface area contributed by atoms with Crippen LogP contribution in [0.4, 0.5) is 5.82 Å². The van der Waals surface area contributed by atoms with Crippen LogP contribution in [0.15, 0.2) is 6.33 Å². The zero-order valence-corrected chi connectivity index (χ0v) is 11.1. The second-order valence-corrected chi connectivity index (χ2v) is 5.58. The number of aromatic nitrogens is 2. The highest BCUT2D eigenvalue weighted by Crippen LogP contribution is 2.39. The third-order valence-corrected chi connectivity index (χ3v) is 4.64. The number of aliphatic hydroxyl groups excluding tert-OH is 1. The summed E-state index contributed by atoms with van der Waals surface area (Å²) < 4.78 is 0. The normalized spacial score (nSPS) is 27.3. The van der Waals surface area contributed by atoms with E-state index >= 15 is 0 Å². The van der Waals surface area contributed by atoms with Gasteiger partial charge < -0.3 is 10.0 Å². The van der Waals surface area contributed by atoms with E-state index in [1.54, 1.807) is 0 Å². The van der Waals surface area contributed by atoms with Crippen molar-refractivity contribution < 1.29 is 5.11 Å². The summed E-state index contributed by atoms with van der Waals surface area (Å²) in [7, 11) is 0. The molecule has 0 bridgehead atoms. The van der Waals surface area contributed by atoms with E-state index in [2.05, 4.69) is 14.9 Å². The molecule has 4 nitrogen and oxygen atoms in total. The number of hydrogen-bond acceptors (Lipinski definition) is 4. The molecular weight excluding hydrogens is 250 g/mol. The van der Waals surface area contributed by atoms with Crippen LogP contribution in [0.25, 0.3) is 0 Å². The number of hydrogen-bond donors (Lipinski definition) is 1. The van der Waals surface area contributed by atoms with Crippen LogP contribution in [0, 0.1) is 5.92 Å². The lowest BCUT2D eigenvalue weighted by Gasteiger charge is -2.33. The molecule has 0 radical (unpaired) electrons. The zero-order valence-electron chi connectivity index (χ0n) is 10.3. The Balaban J connectivity index is 1.93. The van der Waals surface area contributed by atoms with Crippen LogP contribution >= 0.6 is 11.6 Å². The first kappa shape index (κ1) is 12.2. The van der Waals surface area contributed by atoms with Crippen molar-refractivity contribution in [3.8, 4) is 0 Å². The zero-order chi connectivity index (χ0) is 12.5. The molecule has 98 valence electrons. The second-order valence-electron chi connectivity index (χ2n) is 5.22. The molecule has 2 fully saturated rings. The van der Waals surface area contributed by atoms with Gasteiger partial charge in [-0.2, -0.15) is 0 Å². The summed E-state index contributed by atoms with van der Waals surface area (Å²) in [6, 6.07) is 0.579. The third kappa shape index (κ3) is 1.97. The van der Waals surface area contributed by atoms with E-state index in [0.29, 0.717) is 16.8 Å². The Labute approximate surface area is 112 Å². The molecule has 0 spiro atoms. The standard InChI is InChI=1S/C13H18ClN3O/c14-12-10(7-18)13(16-8-15-12)17-6-5-9-3-1-2-4-11(9)17/h8-9,11,18H,1-7H2. The fourth-order valence-electron chi connectivity index (χ4n) is 3.43. The number of nitrogens with zero attached hydrogens (tertiary/aromatic N) is 3. The molecule has 2 atom stereocenters. The molecule has 1 N–H and O–H groups in total. The van der Waals surface area contributed by atoms with Gasteiger partial charge in [-0.15, -0.1) is 0 Å². The molecule has 2 unspecified atom stereocenters. The van der Waals surface area contributed by atoms with Crippen LogP contribution in [-0.4, -0.2) is 27.7 Å². The Kier molecular flexibility index (Phi) is 3.39. The molecule has 1 saturated heterocycles. The summed E-state index contributed by atoms with van der Waals surface area (Å²) in [5.41, 5.74) is 0.672. The molecule has 2 heterocycles. The van der Waals surface area contributed by atoms with Crippen LogP contribution in [0.1, 0.15) is 37.7 Å². The van der Waals surface area contributed by atoms with E-state index in [1.807, 2.05) is 0 Å². The summed E-state index contributed by atoms with van der Waals surface area (Å²) >= 11 is 6.05. The molecule has 1 aliphatic heterocycles. The van der Waals surface area contributed by atoms with Gasteiger partial charge in [0.1, 0.15) is 17.3 Å². The Hall–Kier alpha value is -0.870. The lowest BCUT2D eigenvalue weighted by molar-refractivity contribution is 0.280. The Bertz CT molecular complexity index is 440. The average molecular weight is 268 g/mol. The van der Waals surface area contributed by atoms with E-state index in [4.69, 9.17) is 11.6 Å². The largest absolute Gasteiger partial charge is 0.391 e. The molecular formula is C13H18ClN3O. The van der Waals surface area contributed by atoms with Crippen molar-refractivity contribution in [2.75, 3.05) is 11.4 Å². The Morgan fingerprint density at radius 3 is 2.94 bits per heavy atom. The molecule has 3 rings (SSSR count). The minimum Gasteiger partial charge on any atom is -0.391 e. The maximum Gasteiger partial charge on any atom is 0.140 e. The van der Waals surface area contributed by atoms with Crippen molar-refractivity contribution in [2.24, 2.45) is 5.92 Å². The fourth-order valence-corrected chi connectivity index (χ4v) is 3.62. The molecule has 5 heteroatoms. The molecule has 1 aliphatic carbocycles. The molecule has 0 amide bonds. The molecule has 0 aromatic carbocycles. The molecule has 1 aromatic rings. The van der Waals surface area contributed by atoms with Gasteiger partial charge in [-0.05, 0) is 25.2 Å². The lowest BCUT2D eigenvalue weighted by atomic mass is 9.85. The van der Waals surface area contributed by atoms with Crippen molar-refractivity contribution in [1.29, 1.82) is 0 Å². The van der Waals surface area contributed by atoms with Crippen molar-refractivity contribution >= 4 is 17.4 Å². The van der Waals surface area contributed by atoms with E-state index in [-0.39, 0.29) is 6.61 Å². The number of halogens is 1. The second kappa shape index (κ2) is 5.02. The van der Waals surface area contributed by atoms with E-state index in [0.717, 1.165) is 18.3 Å². The first-order valence-corrected chi connectivity index (χ1v) is 7.06. The monoisotopic (exact) mass is 267 g/mol. The van der Waals surface area contributed by atoms with Crippen LogP contribution in [0.5, 0.6) is 0 Å². The maximum absolute atomic E-state index is 9.46. The smallest absolute Gasteiger partial charge is 0.140 e. The number of fused-ring (bicyclic) bond motifs is 1. The van der Waals surface area contributed by atoms with Gasteiger partial charge in [-0.3, -0.25) is 0 Å². The van der Waals surface area contributed by atoms with Gasteiger partial charge in [0.2, 0.25) is 0 Å². The van der Waals surface area contributed by atoms with Gasteiger partial charge >= 0.3 is 0 Å². The SMILES string of the molecule is OCc1c(Cl)ncnc1N1CCC2CCCCC21. The first-order chi connectivity index (χ1) is 8.81. The minimum absolute atomic E-state index is 0.0944. The van der Waals surface area contributed by atoms with Crippen LogP contribution in [-0.2, 0) is 6.61 Å². The number of rotatable bonds is 2. The van der Waals surface area contributed by atoms with Crippen LogP contribution < -0.4 is 4.90 Å². The Morgan fingerprint density at radius 2 is 2.11 bits per heavy atom. The van der Waals surface area contributed by atoms with E-state index in [9.17, 15) is 5.11 Å². The number of aliphatic hydroxyl groups is 1. The molecule has 1 aromatic heterocycles. The van der Waals surface area contributed by atoms with Crippen LogP contribution in [0.2, 0.25) is 5.15 Å². The topological polar surface area (TPSA) is 49.3 Å². The van der Waals surface area contributed by atoms with Crippen molar-refractivity contribution in [2.45, 2.75) is 44.8 Å². The maximum atomic E-state index is 9.46. The van der Waals surface area contributed by atoms with E-state index < -0.39 is 0 Å². The van der Waals surface area contributed by atoms with Crippen molar-refractivity contribution in [3.63, 3.8) is 0 Å². The minimum atomic E-state index is -0.0944. The highest BCUT2D eigenvalue weighted by atomic mass is 35.5. The van der Waals surface area contributed by atoms with Crippen LogP contribution in [0.3, 0.4) is 0 Å². The first-order valence-electron chi connectivity index (χ1n) is 6.68. The summed E-state index contributed by atoms with van der Waals surface area (Å²) in [6.45, 7) is 0.929. The Morgan fingerprint density at radius 1 is 1.28 bits per heavy atom. The van der Waals surface area contributed by atoms with Gasteiger partial charge in [0, 0.05) is 12.6 Å². The summed E-state index contributed by atoms with van der Waals surface area (Å²) in [6.07, 6.45) is 7.94. The van der Waals surface area contributed by atoms with Crippen molar-refractivity contribution in [3.05, 3.63) is 17.0 Å². The summed E-state index contributed by atoms with van der Waals surface area (Å²) in [4.78, 5) is 10.6. The van der Waals surface area contributed by atoms with Gasteiger partial charge in [0.15, 0.2) is 0 Å². The molecule has 1 saturated carbocycles. The van der Waals surface area contributed by atoms with E-state index in [1.165, 1.54) is 38.4 Å². The quantitative estimate of drug-likeness (QED) is 0.836.